The number of ether oxygens (including phenoxy) is 1. The molecule has 0 amide bonds. The maximum atomic E-state index is 13.3. The molecule has 0 spiro atoms. The van der Waals surface area contributed by atoms with E-state index in [-0.39, 0.29) is 12.2 Å². The van der Waals surface area contributed by atoms with Crippen LogP contribution in [0.2, 0.25) is 0 Å². The van der Waals surface area contributed by atoms with Crippen molar-refractivity contribution >= 4 is 11.7 Å². The van der Waals surface area contributed by atoms with E-state index in [0.29, 0.717) is 0 Å². The molecule has 0 saturated carbocycles. The SMILES string of the molecule is CCOC(=O)Cc1c([N+](=O)[O-])ccc(F)c1C#N. The van der Waals surface area contributed by atoms with Gasteiger partial charge in [-0.2, -0.15) is 5.26 Å². The van der Waals surface area contributed by atoms with Crippen molar-refractivity contribution in [2.75, 3.05) is 6.61 Å². The van der Waals surface area contributed by atoms with E-state index in [1.807, 2.05) is 0 Å². The summed E-state index contributed by atoms with van der Waals surface area (Å²) >= 11 is 0. The van der Waals surface area contributed by atoms with Gasteiger partial charge < -0.3 is 4.74 Å². The zero-order valence-corrected chi connectivity index (χ0v) is 9.47. The number of esters is 1. The van der Waals surface area contributed by atoms with Gasteiger partial charge in [0.1, 0.15) is 11.9 Å². The van der Waals surface area contributed by atoms with Crippen molar-refractivity contribution in [3.8, 4) is 6.07 Å². The fourth-order valence-electron chi connectivity index (χ4n) is 1.44. The monoisotopic (exact) mass is 252 g/mol. The molecule has 1 aromatic carbocycles. The number of nitro groups is 1. The third kappa shape index (κ3) is 2.79. The van der Waals surface area contributed by atoms with Crippen molar-refractivity contribution in [2.45, 2.75) is 13.3 Å². The van der Waals surface area contributed by atoms with Crippen molar-refractivity contribution in [2.24, 2.45) is 0 Å². The van der Waals surface area contributed by atoms with Gasteiger partial charge in [-0.1, -0.05) is 0 Å². The number of hydrogen-bond donors (Lipinski definition) is 0. The number of nitro benzene ring substituents is 1. The fraction of sp³-hybridized carbons (Fsp3) is 0.273. The summed E-state index contributed by atoms with van der Waals surface area (Å²) in [5.74, 6) is -1.65. The molecule has 0 radical (unpaired) electrons. The molecule has 6 nitrogen and oxygen atoms in total. The molecule has 0 aromatic heterocycles. The summed E-state index contributed by atoms with van der Waals surface area (Å²) in [7, 11) is 0. The Balaban J connectivity index is 3.29. The average Bonchev–Trinajstić information content (AvgIpc) is 2.29. The summed E-state index contributed by atoms with van der Waals surface area (Å²) in [5, 5.41) is 19.5. The quantitative estimate of drug-likeness (QED) is 0.462. The van der Waals surface area contributed by atoms with Crippen molar-refractivity contribution in [3.63, 3.8) is 0 Å². The second-order valence-corrected chi connectivity index (χ2v) is 3.27. The minimum absolute atomic E-state index is 0.101. The van der Waals surface area contributed by atoms with Crippen LogP contribution in [0.3, 0.4) is 0 Å². The van der Waals surface area contributed by atoms with Crippen molar-refractivity contribution in [1.29, 1.82) is 5.26 Å². The molecular formula is C11H9FN2O4. The fourth-order valence-corrected chi connectivity index (χ4v) is 1.44. The van der Waals surface area contributed by atoms with Gasteiger partial charge >= 0.3 is 5.97 Å². The molecule has 0 aliphatic rings. The molecule has 0 N–H and O–H groups in total. The molecule has 0 bridgehead atoms. The van der Waals surface area contributed by atoms with E-state index in [9.17, 15) is 19.3 Å². The number of carbonyl (C=O) groups is 1. The molecule has 1 rings (SSSR count). The average molecular weight is 252 g/mol. The van der Waals surface area contributed by atoms with E-state index >= 15 is 0 Å². The summed E-state index contributed by atoms with van der Waals surface area (Å²) in [5.41, 5.74) is -1.24. The molecule has 0 fully saturated rings. The van der Waals surface area contributed by atoms with E-state index in [1.54, 1.807) is 6.92 Å². The summed E-state index contributed by atoms with van der Waals surface area (Å²) in [4.78, 5) is 21.3. The second-order valence-electron chi connectivity index (χ2n) is 3.27. The highest BCUT2D eigenvalue weighted by Gasteiger charge is 2.23. The highest BCUT2D eigenvalue weighted by Crippen LogP contribution is 2.25. The lowest BCUT2D eigenvalue weighted by Gasteiger charge is -2.05. The Labute approximate surface area is 102 Å². The number of nitrogens with zero attached hydrogens (tertiary/aromatic N) is 2. The van der Waals surface area contributed by atoms with Crippen LogP contribution in [0.4, 0.5) is 10.1 Å². The van der Waals surface area contributed by atoms with Crippen LogP contribution >= 0.6 is 0 Å². The van der Waals surface area contributed by atoms with E-state index in [2.05, 4.69) is 4.74 Å². The number of halogens is 1. The third-order valence-electron chi connectivity index (χ3n) is 2.17. The Hall–Kier alpha value is -2.49. The van der Waals surface area contributed by atoms with Crippen LogP contribution in [0, 0.1) is 27.3 Å². The van der Waals surface area contributed by atoms with Gasteiger partial charge in [0, 0.05) is 6.07 Å². The standard InChI is InChI=1S/C11H9FN2O4/c1-2-18-11(15)5-7-8(6-13)9(12)3-4-10(7)14(16)17/h3-4H,2,5H2,1H3. The molecule has 0 atom stereocenters. The largest absolute Gasteiger partial charge is 0.466 e. The van der Waals surface area contributed by atoms with Crippen LogP contribution in [-0.4, -0.2) is 17.5 Å². The van der Waals surface area contributed by atoms with Gasteiger partial charge in [0.15, 0.2) is 0 Å². The predicted octanol–water partition coefficient (Wildman–Crippen LogP) is 1.71. The predicted molar refractivity (Wildman–Crippen MR) is 58.1 cm³/mol. The summed E-state index contributed by atoms with van der Waals surface area (Å²) in [6.45, 7) is 1.67. The highest BCUT2D eigenvalue weighted by molar-refractivity contribution is 5.75. The molecule has 94 valence electrons. The first-order valence-electron chi connectivity index (χ1n) is 5.02. The molecule has 0 aliphatic carbocycles. The van der Waals surface area contributed by atoms with Crippen LogP contribution < -0.4 is 0 Å². The van der Waals surface area contributed by atoms with Crippen LogP contribution in [0.1, 0.15) is 18.1 Å². The van der Waals surface area contributed by atoms with Crippen LogP contribution in [0.25, 0.3) is 0 Å². The topological polar surface area (TPSA) is 93.2 Å². The molecule has 18 heavy (non-hydrogen) atoms. The van der Waals surface area contributed by atoms with Crippen LogP contribution in [-0.2, 0) is 16.0 Å². The van der Waals surface area contributed by atoms with Crippen LogP contribution in [0.15, 0.2) is 12.1 Å². The normalized spacial score (nSPS) is 9.61. The van der Waals surface area contributed by atoms with Gasteiger partial charge in [-0.15, -0.1) is 0 Å². The number of carbonyl (C=O) groups excluding carboxylic acids is 1. The Kier molecular flexibility index (Phi) is 4.32. The smallest absolute Gasteiger partial charge is 0.310 e. The minimum Gasteiger partial charge on any atom is -0.466 e. The van der Waals surface area contributed by atoms with E-state index in [4.69, 9.17) is 5.26 Å². The Morgan fingerprint density at radius 1 is 1.61 bits per heavy atom. The second kappa shape index (κ2) is 5.72. The van der Waals surface area contributed by atoms with Gasteiger partial charge in [0.2, 0.25) is 0 Å². The first kappa shape index (κ1) is 13.6. The highest BCUT2D eigenvalue weighted by atomic mass is 19.1. The third-order valence-corrected chi connectivity index (χ3v) is 2.17. The molecular weight excluding hydrogens is 243 g/mol. The van der Waals surface area contributed by atoms with Crippen molar-refractivity contribution in [1.82, 2.24) is 0 Å². The lowest BCUT2D eigenvalue weighted by molar-refractivity contribution is -0.385. The number of rotatable bonds is 4. The van der Waals surface area contributed by atoms with E-state index in [0.717, 1.165) is 12.1 Å². The minimum atomic E-state index is -0.901. The molecule has 0 unspecified atom stereocenters. The maximum Gasteiger partial charge on any atom is 0.310 e. The molecule has 7 heteroatoms. The van der Waals surface area contributed by atoms with Gasteiger partial charge in [0.25, 0.3) is 5.69 Å². The molecule has 1 aromatic rings. The van der Waals surface area contributed by atoms with E-state index in [1.165, 1.54) is 6.07 Å². The first-order valence-corrected chi connectivity index (χ1v) is 5.02. The lowest BCUT2D eigenvalue weighted by Crippen LogP contribution is -2.11. The summed E-state index contributed by atoms with van der Waals surface area (Å²) in [6.07, 6.45) is -0.509. The number of hydrogen-bond acceptors (Lipinski definition) is 5. The number of nitriles is 1. The Morgan fingerprint density at radius 3 is 2.78 bits per heavy atom. The maximum absolute atomic E-state index is 13.3. The molecule has 0 saturated heterocycles. The first-order chi connectivity index (χ1) is 8.51. The van der Waals surface area contributed by atoms with Gasteiger partial charge in [-0.25, -0.2) is 4.39 Å². The van der Waals surface area contributed by atoms with Gasteiger partial charge in [-0.3, -0.25) is 14.9 Å². The number of benzene rings is 1. The van der Waals surface area contributed by atoms with Crippen molar-refractivity contribution < 1.29 is 18.8 Å². The lowest BCUT2D eigenvalue weighted by atomic mass is 10.0. The van der Waals surface area contributed by atoms with Gasteiger partial charge in [0.05, 0.1) is 29.1 Å². The summed E-state index contributed by atoms with van der Waals surface area (Å²) < 4.78 is 18.0. The molecule has 0 heterocycles. The summed E-state index contributed by atoms with van der Waals surface area (Å²) in [6, 6.07) is 3.27. The molecule has 0 aliphatic heterocycles. The van der Waals surface area contributed by atoms with Gasteiger partial charge in [-0.05, 0) is 13.0 Å². The van der Waals surface area contributed by atoms with Crippen molar-refractivity contribution in [3.05, 3.63) is 39.2 Å². The Morgan fingerprint density at radius 2 is 2.28 bits per heavy atom. The zero-order valence-electron chi connectivity index (χ0n) is 9.47. The van der Waals surface area contributed by atoms with E-state index < -0.39 is 34.4 Å². The Bertz CT molecular complexity index is 537. The zero-order chi connectivity index (χ0) is 13.7. The van der Waals surface area contributed by atoms with Crippen LogP contribution in [0.5, 0.6) is 0 Å².